The van der Waals surface area contributed by atoms with Gasteiger partial charge in [0.15, 0.2) is 0 Å². The van der Waals surface area contributed by atoms with E-state index in [1.807, 2.05) is 26.0 Å². The molecule has 0 saturated carbocycles. The standard InChI is InChI=1S/C15H22ClNO3/c1-10(2)13(11-4-6-12(16)7-5-11)14(19)17-8-15(3,20)9-18/h4-7,10,13,18,20H,8-9H2,1-3H3,(H,17,19). The summed E-state index contributed by atoms with van der Waals surface area (Å²) in [4.78, 5) is 12.3. The van der Waals surface area contributed by atoms with Crippen molar-refractivity contribution in [3.8, 4) is 0 Å². The van der Waals surface area contributed by atoms with Gasteiger partial charge in [-0.15, -0.1) is 0 Å². The quantitative estimate of drug-likeness (QED) is 0.752. The highest BCUT2D eigenvalue weighted by Crippen LogP contribution is 2.26. The predicted octanol–water partition coefficient (Wildman–Crippen LogP) is 1.94. The maximum Gasteiger partial charge on any atom is 0.227 e. The van der Waals surface area contributed by atoms with E-state index in [9.17, 15) is 9.90 Å². The lowest BCUT2D eigenvalue weighted by molar-refractivity contribution is -0.125. The van der Waals surface area contributed by atoms with Crippen LogP contribution in [0.15, 0.2) is 24.3 Å². The molecule has 1 aromatic rings. The zero-order chi connectivity index (χ0) is 15.3. The Bertz CT molecular complexity index is 443. The average molecular weight is 300 g/mol. The molecule has 0 aromatic heterocycles. The van der Waals surface area contributed by atoms with Gasteiger partial charge in [-0.1, -0.05) is 37.6 Å². The number of aliphatic hydroxyl groups is 2. The van der Waals surface area contributed by atoms with E-state index in [0.717, 1.165) is 5.56 Å². The molecule has 1 rings (SSSR count). The summed E-state index contributed by atoms with van der Waals surface area (Å²) in [5.74, 6) is -0.381. The number of halogens is 1. The maximum atomic E-state index is 12.3. The van der Waals surface area contributed by atoms with Gasteiger partial charge in [-0.3, -0.25) is 4.79 Å². The first kappa shape index (κ1) is 17.0. The van der Waals surface area contributed by atoms with E-state index < -0.39 is 12.2 Å². The number of hydrogen-bond acceptors (Lipinski definition) is 3. The summed E-state index contributed by atoms with van der Waals surface area (Å²) in [5, 5.41) is 22.0. The number of carbonyl (C=O) groups is 1. The molecule has 0 aliphatic rings. The molecule has 2 unspecified atom stereocenters. The van der Waals surface area contributed by atoms with Gasteiger partial charge in [0, 0.05) is 11.6 Å². The van der Waals surface area contributed by atoms with Gasteiger partial charge in [-0.05, 0) is 30.5 Å². The van der Waals surface area contributed by atoms with Gasteiger partial charge in [0.1, 0.15) is 5.60 Å². The minimum atomic E-state index is -1.31. The first-order valence-electron chi connectivity index (χ1n) is 6.63. The molecule has 5 heteroatoms. The average Bonchev–Trinajstić information content (AvgIpc) is 2.39. The van der Waals surface area contributed by atoms with Gasteiger partial charge in [-0.25, -0.2) is 0 Å². The molecule has 112 valence electrons. The van der Waals surface area contributed by atoms with Crippen molar-refractivity contribution < 1.29 is 15.0 Å². The Labute approximate surface area is 124 Å². The zero-order valence-corrected chi connectivity index (χ0v) is 12.8. The van der Waals surface area contributed by atoms with Crippen LogP contribution in [0.25, 0.3) is 0 Å². The van der Waals surface area contributed by atoms with Crippen molar-refractivity contribution in [2.24, 2.45) is 5.92 Å². The fourth-order valence-electron chi connectivity index (χ4n) is 1.95. The Morgan fingerprint density at radius 2 is 1.90 bits per heavy atom. The lowest BCUT2D eigenvalue weighted by Gasteiger charge is -2.25. The third-order valence-electron chi connectivity index (χ3n) is 3.16. The van der Waals surface area contributed by atoms with E-state index in [1.165, 1.54) is 6.92 Å². The SMILES string of the molecule is CC(C)C(C(=O)NCC(C)(O)CO)c1ccc(Cl)cc1. The third kappa shape index (κ3) is 4.78. The molecule has 20 heavy (non-hydrogen) atoms. The summed E-state index contributed by atoms with van der Waals surface area (Å²) in [6, 6.07) is 7.17. The Kier molecular flexibility index (Phi) is 5.99. The van der Waals surface area contributed by atoms with Gasteiger partial charge in [-0.2, -0.15) is 0 Å². The van der Waals surface area contributed by atoms with E-state index in [2.05, 4.69) is 5.32 Å². The largest absolute Gasteiger partial charge is 0.393 e. The lowest BCUT2D eigenvalue weighted by atomic mass is 9.87. The lowest BCUT2D eigenvalue weighted by Crippen LogP contribution is -2.45. The first-order chi connectivity index (χ1) is 9.26. The first-order valence-corrected chi connectivity index (χ1v) is 7.01. The molecule has 0 fully saturated rings. The second-order valence-electron chi connectivity index (χ2n) is 5.65. The summed E-state index contributed by atoms with van der Waals surface area (Å²) in [6.45, 7) is 5.01. The summed E-state index contributed by atoms with van der Waals surface area (Å²) < 4.78 is 0. The van der Waals surface area contributed by atoms with Crippen LogP contribution in [0.4, 0.5) is 0 Å². The molecule has 0 aliphatic carbocycles. The van der Waals surface area contributed by atoms with Gasteiger partial charge in [0.2, 0.25) is 5.91 Å². The van der Waals surface area contributed by atoms with Gasteiger partial charge in [0.25, 0.3) is 0 Å². The highest BCUT2D eigenvalue weighted by atomic mass is 35.5. The molecule has 4 nitrogen and oxygen atoms in total. The number of hydrogen-bond donors (Lipinski definition) is 3. The summed E-state index contributed by atoms with van der Waals surface area (Å²) in [6.07, 6.45) is 0. The van der Waals surface area contributed by atoms with Crippen molar-refractivity contribution in [2.45, 2.75) is 32.3 Å². The van der Waals surface area contributed by atoms with E-state index in [4.69, 9.17) is 16.7 Å². The molecule has 1 aromatic carbocycles. The highest BCUT2D eigenvalue weighted by Gasteiger charge is 2.26. The van der Waals surface area contributed by atoms with Crippen LogP contribution in [0.5, 0.6) is 0 Å². The van der Waals surface area contributed by atoms with Crippen LogP contribution in [-0.2, 0) is 4.79 Å². The number of nitrogens with one attached hydrogen (secondary N) is 1. The van der Waals surface area contributed by atoms with Crippen LogP contribution in [0.2, 0.25) is 5.02 Å². The Morgan fingerprint density at radius 1 is 1.35 bits per heavy atom. The van der Waals surface area contributed by atoms with E-state index in [0.29, 0.717) is 5.02 Å². The van der Waals surface area contributed by atoms with Crippen LogP contribution < -0.4 is 5.32 Å². The van der Waals surface area contributed by atoms with Gasteiger partial charge in [0.05, 0.1) is 12.5 Å². The Morgan fingerprint density at radius 3 is 2.35 bits per heavy atom. The zero-order valence-electron chi connectivity index (χ0n) is 12.1. The van der Waals surface area contributed by atoms with Crippen molar-refractivity contribution in [2.75, 3.05) is 13.2 Å². The molecule has 1 amide bonds. The number of amides is 1. The Hall–Kier alpha value is -1.10. The second-order valence-corrected chi connectivity index (χ2v) is 6.08. The molecule has 0 spiro atoms. The topological polar surface area (TPSA) is 69.6 Å². The molecule has 0 aliphatic heterocycles. The fraction of sp³-hybridized carbons (Fsp3) is 0.533. The molecule has 0 saturated heterocycles. The van der Waals surface area contributed by atoms with Crippen molar-refractivity contribution in [1.82, 2.24) is 5.32 Å². The summed E-state index contributed by atoms with van der Waals surface area (Å²) in [7, 11) is 0. The molecular weight excluding hydrogens is 278 g/mol. The number of carbonyl (C=O) groups excluding carboxylic acids is 1. The number of rotatable bonds is 6. The Balaban J connectivity index is 2.81. The van der Waals surface area contributed by atoms with E-state index >= 15 is 0 Å². The minimum absolute atomic E-state index is 0.0130. The van der Waals surface area contributed by atoms with E-state index in [-0.39, 0.29) is 24.3 Å². The molecule has 3 N–H and O–H groups in total. The van der Waals surface area contributed by atoms with Crippen molar-refractivity contribution in [1.29, 1.82) is 0 Å². The van der Waals surface area contributed by atoms with Crippen LogP contribution in [-0.4, -0.2) is 34.9 Å². The normalized spacial score (nSPS) is 15.8. The maximum absolute atomic E-state index is 12.3. The molecule has 0 bridgehead atoms. The minimum Gasteiger partial charge on any atom is -0.393 e. The van der Waals surface area contributed by atoms with Crippen LogP contribution >= 0.6 is 11.6 Å². The molecular formula is C15H22ClNO3. The third-order valence-corrected chi connectivity index (χ3v) is 3.41. The van der Waals surface area contributed by atoms with Gasteiger partial charge < -0.3 is 15.5 Å². The van der Waals surface area contributed by atoms with E-state index in [1.54, 1.807) is 12.1 Å². The fourth-order valence-corrected chi connectivity index (χ4v) is 2.08. The molecule has 0 heterocycles. The molecule has 2 atom stereocenters. The highest BCUT2D eigenvalue weighted by molar-refractivity contribution is 6.30. The summed E-state index contributed by atoms with van der Waals surface area (Å²) >= 11 is 5.85. The van der Waals surface area contributed by atoms with Crippen molar-refractivity contribution in [3.05, 3.63) is 34.9 Å². The summed E-state index contributed by atoms with van der Waals surface area (Å²) in [5.41, 5.74) is -0.428. The predicted molar refractivity (Wildman–Crippen MR) is 79.8 cm³/mol. The van der Waals surface area contributed by atoms with Crippen LogP contribution in [0, 0.1) is 5.92 Å². The van der Waals surface area contributed by atoms with Crippen LogP contribution in [0.3, 0.4) is 0 Å². The number of benzene rings is 1. The van der Waals surface area contributed by atoms with Crippen molar-refractivity contribution in [3.63, 3.8) is 0 Å². The number of aliphatic hydroxyl groups excluding tert-OH is 1. The smallest absolute Gasteiger partial charge is 0.227 e. The van der Waals surface area contributed by atoms with Crippen molar-refractivity contribution >= 4 is 17.5 Å². The van der Waals surface area contributed by atoms with Crippen LogP contribution in [0.1, 0.15) is 32.3 Å². The monoisotopic (exact) mass is 299 g/mol. The molecule has 0 radical (unpaired) electrons. The second kappa shape index (κ2) is 7.07. The van der Waals surface area contributed by atoms with Gasteiger partial charge >= 0.3 is 0 Å².